The highest BCUT2D eigenvalue weighted by atomic mass is 35.5. The Hall–Kier alpha value is -2.46. The molecule has 4 nitrogen and oxygen atoms in total. The Bertz CT molecular complexity index is 929. The molecular weight excluding hydrogens is 272 g/mol. The second kappa shape index (κ2) is 4.28. The molecule has 2 aromatic heterocycles. The van der Waals surface area contributed by atoms with E-state index in [9.17, 15) is 0 Å². The highest BCUT2D eigenvalue weighted by molar-refractivity contribution is 6.29. The molecule has 20 heavy (non-hydrogen) atoms. The molecule has 96 valence electrons. The SMILES string of the molecule is Clc1ccc2nnc(-c3ccc4ccccc4c3)n2n1. The lowest BCUT2D eigenvalue weighted by Gasteiger charge is -2.02. The molecule has 0 aliphatic rings. The number of nitrogens with zero attached hydrogens (tertiary/aromatic N) is 4. The number of hydrogen-bond acceptors (Lipinski definition) is 3. The molecule has 4 rings (SSSR count). The summed E-state index contributed by atoms with van der Waals surface area (Å²) in [6.45, 7) is 0. The molecule has 0 spiro atoms. The normalized spacial score (nSPS) is 11.2. The van der Waals surface area contributed by atoms with Crippen LogP contribution in [0.5, 0.6) is 0 Å². The van der Waals surface area contributed by atoms with Gasteiger partial charge in [0.15, 0.2) is 11.5 Å². The zero-order valence-corrected chi connectivity index (χ0v) is 11.1. The average Bonchev–Trinajstić information content (AvgIpc) is 2.89. The van der Waals surface area contributed by atoms with Crippen LogP contribution in [0, 0.1) is 0 Å². The fraction of sp³-hybridized carbons (Fsp3) is 0. The van der Waals surface area contributed by atoms with Crippen LogP contribution in [-0.4, -0.2) is 19.8 Å². The molecule has 4 aromatic rings. The molecule has 0 saturated carbocycles. The summed E-state index contributed by atoms with van der Waals surface area (Å²) in [5, 5.41) is 15.3. The van der Waals surface area contributed by atoms with Gasteiger partial charge in [0, 0.05) is 5.56 Å². The molecule has 0 N–H and O–H groups in total. The van der Waals surface area contributed by atoms with E-state index in [2.05, 4.69) is 39.6 Å². The Kier molecular flexibility index (Phi) is 2.44. The molecule has 0 amide bonds. The molecule has 0 unspecified atom stereocenters. The molecular formula is C15H9ClN4. The summed E-state index contributed by atoms with van der Waals surface area (Å²) in [5.41, 5.74) is 1.64. The first-order chi connectivity index (χ1) is 9.81. The lowest BCUT2D eigenvalue weighted by molar-refractivity contribution is 0.936. The number of halogens is 1. The van der Waals surface area contributed by atoms with Gasteiger partial charge in [0.05, 0.1) is 0 Å². The van der Waals surface area contributed by atoms with Gasteiger partial charge in [-0.3, -0.25) is 0 Å². The molecule has 0 aliphatic heterocycles. The minimum absolute atomic E-state index is 0.416. The van der Waals surface area contributed by atoms with Crippen LogP contribution in [0.1, 0.15) is 0 Å². The summed E-state index contributed by atoms with van der Waals surface area (Å²) >= 11 is 5.94. The van der Waals surface area contributed by atoms with Crippen molar-refractivity contribution in [2.45, 2.75) is 0 Å². The van der Waals surface area contributed by atoms with Crippen LogP contribution in [0.15, 0.2) is 54.6 Å². The van der Waals surface area contributed by atoms with Gasteiger partial charge in [-0.25, -0.2) is 0 Å². The minimum atomic E-state index is 0.416. The molecule has 0 saturated heterocycles. The summed E-state index contributed by atoms with van der Waals surface area (Å²) < 4.78 is 1.66. The summed E-state index contributed by atoms with van der Waals surface area (Å²) in [4.78, 5) is 0. The van der Waals surface area contributed by atoms with Gasteiger partial charge in [-0.15, -0.1) is 10.2 Å². The molecule has 0 bridgehead atoms. The van der Waals surface area contributed by atoms with Gasteiger partial charge >= 0.3 is 0 Å². The first-order valence-corrected chi connectivity index (χ1v) is 6.56. The van der Waals surface area contributed by atoms with Crippen molar-refractivity contribution >= 4 is 28.0 Å². The molecule has 2 aromatic carbocycles. The van der Waals surface area contributed by atoms with E-state index in [1.807, 2.05) is 18.2 Å². The van der Waals surface area contributed by atoms with Gasteiger partial charge < -0.3 is 0 Å². The van der Waals surface area contributed by atoms with E-state index in [1.54, 1.807) is 16.6 Å². The Morgan fingerprint density at radius 3 is 2.60 bits per heavy atom. The molecule has 0 atom stereocenters. The van der Waals surface area contributed by atoms with Gasteiger partial charge in [0.25, 0.3) is 0 Å². The number of fused-ring (bicyclic) bond motifs is 2. The highest BCUT2D eigenvalue weighted by Gasteiger charge is 2.10. The predicted molar refractivity (Wildman–Crippen MR) is 78.7 cm³/mol. The topological polar surface area (TPSA) is 43.1 Å². The van der Waals surface area contributed by atoms with Gasteiger partial charge in [-0.05, 0) is 29.0 Å². The van der Waals surface area contributed by atoms with E-state index >= 15 is 0 Å². The maximum absolute atomic E-state index is 5.94. The van der Waals surface area contributed by atoms with E-state index in [4.69, 9.17) is 11.6 Å². The zero-order valence-electron chi connectivity index (χ0n) is 10.4. The third-order valence-corrected chi connectivity index (χ3v) is 3.44. The van der Waals surface area contributed by atoms with Crippen molar-refractivity contribution in [2.24, 2.45) is 0 Å². The van der Waals surface area contributed by atoms with E-state index < -0.39 is 0 Å². The van der Waals surface area contributed by atoms with Crippen LogP contribution in [0.2, 0.25) is 5.15 Å². The van der Waals surface area contributed by atoms with E-state index in [-0.39, 0.29) is 0 Å². The number of aromatic nitrogens is 4. The Labute approximate surface area is 119 Å². The van der Waals surface area contributed by atoms with Crippen molar-refractivity contribution in [3.05, 3.63) is 59.8 Å². The quantitative estimate of drug-likeness (QED) is 0.535. The smallest absolute Gasteiger partial charge is 0.185 e. The first-order valence-electron chi connectivity index (χ1n) is 6.18. The predicted octanol–water partition coefficient (Wildman–Crippen LogP) is 3.60. The van der Waals surface area contributed by atoms with Crippen molar-refractivity contribution < 1.29 is 0 Å². The summed E-state index contributed by atoms with van der Waals surface area (Å²) in [5.74, 6) is 0.688. The van der Waals surface area contributed by atoms with E-state index in [0.717, 1.165) is 10.9 Å². The summed E-state index contributed by atoms with van der Waals surface area (Å²) in [7, 11) is 0. The molecule has 0 aliphatic carbocycles. The van der Waals surface area contributed by atoms with Crippen molar-refractivity contribution in [2.75, 3.05) is 0 Å². The van der Waals surface area contributed by atoms with Crippen LogP contribution >= 0.6 is 11.6 Å². The Balaban J connectivity index is 1.98. The van der Waals surface area contributed by atoms with Crippen LogP contribution < -0.4 is 0 Å². The zero-order chi connectivity index (χ0) is 13.5. The number of rotatable bonds is 1. The van der Waals surface area contributed by atoms with Gasteiger partial charge in [0.1, 0.15) is 5.15 Å². The molecule has 0 fully saturated rings. The van der Waals surface area contributed by atoms with Crippen molar-refractivity contribution in [1.82, 2.24) is 19.8 Å². The molecule has 5 heteroatoms. The maximum Gasteiger partial charge on any atom is 0.185 e. The van der Waals surface area contributed by atoms with E-state index in [1.165, 1.54) is 5.39 Å². The van der Waals surface area contributed by atoms with Crippen LogP contribution in [0.3, 0.4) is 0 Å². The molecule has 2 heterocycles. The van der Waals surface area contributed by atoms with Gasteiger partial charge in [-0.1, -0.05) is 48.0 Å². The highest BCUT2D eigenvalue weighted by Crippen LogP contribution is 2.23. The standard InChI is InChI=1S/C15H9ClN4/c16-13-7-8-14-17-18-15(20(14)19-13)12-6-5-10-3-1-2-4-11(10)9-12/h1-9H. The third kappa shape index (κ3) is 1.73. The second-order valence-electron chi connectivity index (χ2n) is 4.51. The fourth-order valence-electron chi connectivity index (χ4n) is 2.27. The van der Waals surface area contributed by atoms with E-state index in [0.29, 0.717) is 16.6 Å². The Morgan fingerprint density at radius 2 is 1.70 bits per heavy atom. The van der Waals surface area contributed by atoms with Crippen molar-refractivity contribution in [3.63, 3.8) is 0 Å². The fourth-order valence-corrected chi connectivity index (χ4v) is 2.41. The number of benzene rings is 2. The Morgan fingerprint density at radius 1 is 0.850 bits per heavy atom. The summed E-state index contributed by atoms with van der Waals surface area (Å²) in [6.07, 6.45) is 0. The lowest BCUT2D eigenvalue weighted by atomic mass is 10.1. The number of hydrogen-bond donors (Lipinski definition) is 0. The first kappa shape index (κ1) is 11.4. The largest absolute Gasteiger partial charge is 0.191 e. The monoisotopic (exact) mass is 280 g/mol. The maximum atomic E-state index is 5.94. The third-order valence-electron chi connectivity index (χ3n) is 3.24. The minimum Gasteiger partial charge on any atom is -0.191 e. The second-order valence-corrected chi connectivity index (χ2v) is 4.90. The van der Waals surface area contributed by atoms with Gasteiger partial charge in [-0.2, -0.15) is 9.61 Å². The summed E-state index contributed by atoms with van der Waals surface area (Å²) in [6, 6.07) is 17.9. The van der Waals surface area contributed by atoms with Crippen molar-refractivity contribution in [3.8, 4) is 11.4 Å². The van der Waals surface area contributed by atoms with Crippen LogP contribution in [0.4, 0.5) is 0 Å². The van der Waals surface area contributed by atoms with Gasteiger partial charge in [0.2, 0.25) is 0 Å². The van der Waals surface area contributed by atoms with Crippen LogP contribution in [0.25, 0.3) is 27.8 Å². The lowest BCUT2D eigenvalue weighted by Crippen LogP contribution is -1.94. The molecule has 0 radical (unpaired) electrons. The van der Waals surface area contributed by atoms with Crippen LogP contribution in [-0.2, 0) is 0 Å². The average molecular weight is 281 g/mol. The van der Waals surface area contributed by atoms with Crippen molar-refractivity contribution in [1.29, 1.82) is 0 Å².